The van der Waals surface area contributed by atoms with Crippen LogP contribution in [0.3, 0.4) is 0 Å². The Morgan fingerprint density at radius 1 is 1.31 bits per heavy atom. The second kappa shape index (κ2) is 5.62. The number of morpholine rings is 1. The summed E-state index contributed by atoms with van der Waals surface area (Å²) in [5, 5.41) is 5.21. The van der Waals surface area contributed by atoms with Crippen LogP contribution in [0, 0.1) is 0 Å². The number of hydrogen-bond acceptors (Lipinski definition) is 6. The van der Waals surface area contributed by atoms with Gasteiger partial charge < -0.3 is 15.5 Å². The molecule has 2 rings (SSSR count). The maximum Gasteiger partial charge on any atom is 0.161 e. The third-order valence-electron chi connectivity index (χ3n) is 2.28. The van der Waals surface area contributed by atoms with Crippen LogP contribution in [0.25, 0.3) is 0 Å². The molecule has 0 saturated carbocycles. The van der Waals surface area contributed by atoms with Gasteiger partial charge in [-0.3, -0.25) is 4.98 Å². The van der Waals surface area contributed by atoms with Crippen LogP contribution < -0.4 is 10.7 Å². The molecule has 0 unspecified atom stereocenters. The molecule has 1 aromatic rings. The number of anilines is 2. The smallest absolute Gasteiger partial charge is 0.161 e. The van der Waals surface area contributed by atoms with Crippen molar-refractivity contribution in [2.45, 2.75) is 6.92 Å². The van der Waals surface area contributed by atoms with Crippen molar-refractivity contribution >= 4 is 11.6 Å². The average molecular weight is 223 g/mol. The summed E-state index contributed by atoms with van der Waals surface area (Å²) in [6, 6.07) is 0. The topological polar surface area (TPSA) is 62.3 Å². The van der Waals surface area contributed by atoms with E-state index in [9.17, 15) is 0 Å². The van der Waals surface area contributed by atoms with Gasteiger partial charge in [-0.25, -0.2) is 9.99 Å². The number of hydrogen-bond donors (Lipinski definition) is 2. The van der Waals surface area contributed by atoms with Crippen molar-refractivity contribution in [1.29, 1.82) is 0 Å². The van der Waals surface area contributed by atoms with Crippen LogP contribution in [-0.4, -0.2) is 47.8 Å². The Labute approximate surface area is 95.0 Å². The van der Waals surface area contributed by atoms with E-state index in [0.717, 1.165) is 44.5 Å². The molecule has 0 atom stereocenters. The van der Waals surface area contributed by atoms with Gasteiger partial charge >= 0.3 is 0 Å². The lowest BCUT2D eigenvalue weighted by atomic mass is 10.5. The molecule has 1 saturated heterocycles. The van der Waals surface area contributed by atoms with E-state index in [1.807, 2.05) is 6.92 Å². The highest BCUT2D eigenvalue weighted by Crippen LogP contribution is 2.08. The molecule has 1 aliphatic heterocycles. The third-order valence-corrected chi connectivity index (χ3v) is 2.28. The normalized spacial score (nSPS) is 17.1. The summed E-state index contributed by atoms with van der Waals surface area (Å²) in [4.78, 5) is 8.51. The summed E-state index contributed by atoms with van der Waals surface area (Å²) in [5.74, 6) is 1.56. The van der Waals surface area contributed by atoms with Gasteiger partial charge in [-0.15, -0.1) is 0 Å². The SMILES string of the molecule is CCNc1cncc(NN2CCOCC2)n1. The Bertz CT molecular complexity index is 327. The fourth-order valence-corrected chi connectivity index (χ4v) is 1.52. The van der Waals surface area contributed by atoms with Gasteiger partial charge in [0.25, 0.3) is 0 Å². The van der Waals surface area contributed by atoms with Gasteiger partial charge in [0, 0.05) is 19.6 Å². The van der Waals surface area contributed by atoms with Crippen molar-refractivity contribution in [2.75, 3.05) is 43.6 Å². The van der Waals surface area contributed by atoms with Gasteiger partial charge in [0.15, 0.2) is 5.82 Å². The largest absolute Gasteiger partial charge is 0.379 e. The Hall–Kier alpha value is -1.40. The van der Waals surface area contributed by atoms with Gasteiger partial charge in [0.1, 0.15) is 5.82 Å². The predicted octanol–water partition coefficient (Wildman–Crippen LogP) is 0.567. The van der Waals surface area contributed by atoms with E-state index in [1.165, 1.54) is 0 Å². The van der Waals surface area contributed by atoms with Crippen molar-refractivity contribution < 1.29 is 4.74 Å². The third kappa shape index (κ3) is 3.04. The summed E-state index contributed by atoms with van der Waals surface area (Å²) in [5.41, 5.74) is 3.22. The monoisotopic (exact) mass is 223 g/mol. The molecule has 0 amide bonds. The summed E-state index contributed by atoms with van der Waals surface area (Å²) in [7, 11) is 0. The molecule has 16 heavy (non-hydrogen) atoms. The lowest BCUT2D eigenvalue weighted by molar-refractivity contribution is 0.0495. The Balaban J connectivity index is 1.94. The molecule has 1 fully saturated rings. The lowest BCUT2D eigenvalue weighted by Gasteiger charge is -2.27. The van der Waals surface area contributed by atoms with E-state index < -0.39 is 0 Å². The van der Waals surface area contributed by atoms with Crippen molar-refractivity contribution in [3.8, 4) is 0 Å². The fraction of sp³-hybridized carbons (Fsp3) is 0.600. The summed E-state index contributed by atoms with van der Waals surface area (Å²) < 4.78 is 5.27. The first-order valence-corrected chi connectivity index (χ1v) is 5.54. The summed E-state index contributed by atoms with van der Waals surface area (Å²) in [6.45, 7) is 6.13. The number of rotatable bonds is 4. The standard InChI is InChI=1S/C10H17N5O/c1-2-12-9-7-11-8-10(13-9)14-15-3-5-16-6-4-15/h7-8H,2-6H2,1H3,(H2,12,13,14). The van der Waals surface area contributed by atoms with Crippen LogP contribution in [0.2, 0.25) is 0 Å². The molecule has 2 N–H and O–H groups in total. The predicted molar refractivity (Wildman–Crippen MR) is 62.2 cm³/mol. The van der Waals surface area contributed by atoms with Crippen LogP contribution in [0.15, 0.2) is 12.4 Å². The average Bonchev–Trinajstić information content (AvgIpc) is 2.31. The lowest BCUT2D eigenvalue weighted by Crippen LogP contribution is -2.40. The summed E-state index contributed by atoms with van der Waals surface area (Å²) in [6.07, 6.45) is 3.43. The minimum absolute atomic E-state index is 0.757. The van der Waals surface area contributed by atoms with Crippen LogP contribution in [0.1, 0.15) is 6.92 Å². The molecule has 1 aromatic heterocycles. The molecule has 6 nitrogen and oxygen atoms in total. The minimum Gasteiger partial charge on any atom is -0.379 e. The molecule has 0 bridgehead atoms. The first-order valence-electron chi connectivity index (χ1n) is 5.54. The fourth-order valence-electron chi connectivity index (χ4n) is 1.52. The van der Waals surface area contributed by atoms with Gasteiger partial charge in [-0.1, -0.05) is 0 Å². The molecule has 88 valence electrons. The van der Waals surface area contributed by atoms with E-state index in [0.29, 0.717) is 0 Å². The van der Waals surface area contributed by atoms with E-state index in [4.69, 9.17) is 4.74 Å². The van der Waals surface area contributed by atoms with Crippen LogP contribution >= 0.6 is 0 Å². The molecule has 0 aliphatic carbocycles. The highest BCUT2D eigenvalue weighted by Gasteiger charge is 2.10. The van der Waals surface area contributed by atoms with Gasteiger partial charge in [0.2, 0.25) is 0 Å². The molecule has 6 heteroatoms. The van der Waals surface area contributed by atoms with Gasteiger partial charge in [-0.2, -0.15) is 0 Å². The Kier molecular flexibility index (Phi) is 3.90. The molecular weight excluding hydrogens is 206 g/mol. The van der Waals surface area contributed by atoms with Crippen LogP contribution in [0.5, 0.6) is 0 Å². The zero-order chi connectivity index (χ0) is 11.2. The maximum absolute atomic E-state index is 5.27. The van der Waals surface area contributed by atoms with Crippen molar-refractivity contribution in [3.63, 3.8) is 0 Å². The van der Waals surface area contributed by atoms with E-state index in [1.54, 1.807) is 12.4 Å². The molecular formula is C10H17N5O. The van der Waals surface area contributed by atoms with Crippen molar-refractivity contribution in [1.82, 2.24) is 15.0 Å². The Morgan fingerprint density at radius 3 is 2.81 bits per heavy atom. The number of nitrogens with one attached hydrogen (secondary N) is 2. The highest BCUT2D eigenvalue weighted by atomic mass is 16.5. The van der Waals surface area contributed by atoms with Gasteiger partial charge in [0.05, 0.1) is 25.6 Å². The second-order valence-corrected chi connectivity index (χ2v) is 3.53. The van der Waals surface area contributed by atoms with Crippen molar-refractivity contribution in [2.24, 2.45) is 0 Å². The van der Waals surface area contributed by atoms with Crippen molar-refractivity contribution in [3.05, 3.63) is 12.4 Å². The zero-order valence-electron chi connectivity index (χ0n) is 9.44. The quantitative estimate of drug-likeness (QED) is 0.778. The van der Waals surface area contributed by atoms with E-state index in [2.05, 4.69) is 25.7 Å². The van der Waals surface area contributed by atoms with Crippen LogP contribution in [0.4, 0.5) is 11.6 Å². The van der Waals surface area contributed by atoms with E-state index >= 15 is 0 Å². The minimum atomic E-state index is 0.757. The molecule has 2 heterocycles. The molecule has 0 spiro atoms. The first-order chi connectivity index (χ1) is 7.88. The molecule has 0 aromatic carbocycles. The molecule has 1 aliphatic rings. The van der Waals surface area contributed by atoms with E-state index in [-0.39, 0.29) is 0 Å². The number of hydrazine groups is 1. The first kappa shape index (κ1) is 11.1. The highest BCUT2D eigenvalue weighted by molar-refractivity contribution is 5.40. The van der Waals surface area contributed by atoms with Gasteiger partial charge in [-0.05, 0) is 6.92 Å². The maximum atomic E-state index is 5.27. The second-order valence-electron chi connectivity index (χ2n) is 3.53. The van der Waals surface area contributed by atoms with Crippen LogP contribution in [-0.2, 0) is 4.74 Å². The number of ether oxygens (including phenoxy) is 1. The Morgan fingerprint density at radius 2 is 2.06 bits per heavy atom. The zero-order valence-corrected chi connectivity index (χ0v) is 9.44. The molecule has 0 radical (unpaired) electrons. The summed E-state index contributed by atoms with van der Waals surface area (Å²) >= 11 is 0. The number of nitrogens with zero attached hydrogens (tertiary/aromatic N) is 3. The number of aromatic nitrogens is 2.